The zero-order valence-corrected chi connectivity index (χ0v) is 21.8. The molecule has 2 aromatic carbocycles. The number of hydrogen-bond acceptors (Lipinski definition) is 6. The number of rotatable bonds is 10. The van der Waals surface area contributed by atoms with Gasteiger partial charge in [-0.3, -0.25) is 14.7 Å². The van der Waals surface area contributed by atoms with E-state index in [1.807, 2.05) is 36.4 Å². The molecule has 1 aliphatic heterocycles. The lowest BCUT2D eigenvalue weighted by molar-refractivity contribution is 0.0993. The number of aryl methyl sites for hydroxylation is 1. The molecule has 0 radical (unpaired) electrons. The summed E-state index contributed by atoms with van der Waals surface area (Å²) in [5, 5.41) is 0. The van der Waals surface area contributed by atoms with Crippen molar-refractivity contribution in [2.24, 2.45) is 4.99 Å². The van der Waals surface area contributed by atoms with Gasteiger partial charge in [0.25, 0.3) is 0 Å². The number of aliphatic imine (C=N–C) groups is 1. The molecule has 4 rings (SSSR count). The predicted molar refractivity (Wildman–Crippen MR) is 158 cm³/mol. The van der Waals surface area contributed by atoms with Crippen molar-refractivity contribution in [1.29, 1.82) is 0 Å². The first-order chi connectivity index (χ1) is 18.0. The molecule has 0 saturated carbocycles. The van der Waals surface area contributed by atoms with E-state index in [1.54, 1.807) is 18.5 Å². The van der Waals surface area contributed by atoms with Crippen molar-refractivity contribution >= 4 is 18.6 Å². The van der Waals surface area contributed by atoms with Crippen molar-refractivity contribution in [1.82, 2.24) is 19.8 Å². The van der Waals surface area contributed by atoms with Crippen LogP contribution in [0, 0.1) is 6.92 Å². The Hall–Kier alpha value is -3.74. The van der Waals surface area contributed by atoms with Crippen LogP contribution in [0.5, 0.6) is 0 Å². The molecular formula is C32H39N5O. The van der Waals surface area contributed by atoms with Crippen LogP contribution in [0.2, 0.25) is 0 Å². The van der Waals surface area contributed by atoms with Gasteiger partial charge in [0.1, 0.15) is 5.82 Å². The molecule has 198 valence electrons. The Morgan fingerprint density at radius 1 is 1.03 bits per heavy atom. The highest BCUT2D eigenvalue weighted by Crippen LogP contribution is 2.17. The summed E-state index contributed by atoms with van der Waals surface area (Å²) in [6.07, 6.45) is 9.97. The maximum Gasteiger partial charge on any atom is 0.167 e. The number of carbonyl (C=O) groups excluding carboxylic acids is 1. The number of Topliss-reactive ketones (excluding diaryl/α,β-unsaturated/α-hetero) is 1. The molecule has 0 spiro atoms. The molecule has 0 atom stereocenters. The highest BCUT2D eigenvalue weighted by Gasteiger charge is 2.15. The molecule has 0 unspecified atom stereocenters. The average molecular weight is 510 g/mol. The fourth-order valence-corrected chi connectivity index (χ4v) is 4.40. The third-order valence-corrected chi connectivity index (χ3v) is 6.70. The summed E-state index contributed by atoms with van der Waals surface area (Å²) < 4.78 is 0. The number of piperazine rings is 1. The minimum Gasteiger partial charge on any atom is -0.304 e. The van der Waals surface area contributed by atoms with Crippen LogP contribution in [-0.2, 0) is 19.4 Å². The topological polar surface area (TPSA) is 61.7 Å². The van der Waals surface area contributed by atoms with E-state index in [2.05, 4.69) is 69.7 Å². The molecule has 2 heterocycles. The molecule has 0 amide bonds. The number of carbonyl (C=O) groups is 1. The summed E-state index contributed by atoms with van der Waals surface area (Å²) in [7, 11) is 2.17. The van der Waals surface area contributed by atoms with E-state index < -0.39 is 0 Å². The third-order valence-electron chi connectivity index (χ3n) is 6.70. The van der Waals surface area contributed by atoms with Gasteiger partial charge in [0.15, 0.2) is 5.78 Å². The first-order valence-electron chi connectivity index (χ1n) is 12.7. The zero-order chi connectivity index (χ0) is 26.0. The van der Waals surface area contributed by atoms with E-state index in [-0.39, 0.29) is 13.2 Å². The summed E-state index contributed by atoms with van der Waals surface area (Å²) in [4.78, 5) is 30.6. The van der Waals surface area contributed by atoms with Crippen LogP contribution in [0.15, 0.2) is 78.1 Å². The Bertz CT molecular complexity index is 1270. The number of benzene rings is 2. The average Bonchev–Trinajstić information content (AvgIpc) is 2.90. The molecule has 3 aromatic rings. The van der Waals surface area contributed by atoms with Crippen LogP contribution in [0.1, 0.15) is 51.6 Å². The van der Waals surface area contributed by atoms with Crippen LogP contribution >= 0.6 is 0 Å². The summed E-state index contributed by atoms with van der Waals surface area (Å²) >= 11 is 0. The van der Waals surface area contributed by atoms with Crippen molar-refractivity contribution in [3.05, 3.63) is 112 Å². The smallest absolute Gasteiger partial charge is 0.167 e. The highest BCUT2D eigenvalue weighted by atomic mass is 16.1. The van der Waals surface area contributed by atoms with E-state index >= 15 is 0 Å². The van der Waals surface area contributed by atoms with E-state index in [4.69, 9.17) is 0 Å². The van der Waals surface area contributed by atoms with Crippen LogP contribution in [0.25, 0.3) is 6.08 Å². The van der Waals surface area contributed by atoms with Crippen LogP contribution in [0.4, 0.5) is 0 Å². The quantitative estimate of drug-likeness (QED) is 0.208. The van der Waals surface area contributed by atoms with E-state index in [0.717, 1.165) is 66.5 Å². The van der Waals surface area contributed by atoms with Gasteiger partial charge in [-0.25, -0.2) is 9.97 Å². The fourth-order valence-electron chi connectivity index (χ4n) is 4.40. The molecule has 6 nitrogen and oxygen atoms in total. The summed E-state index contributed by atoms with van der Waals surface area (Å²) in [5.74, 6) is 0.877. The van der Waals surface area contributed by atoms with E-state index in [0.29, 0.717) is 12.8 Å². The Balaban J connectivity index is 0.00000400. The molecule has 1 aliphatic rings. The van der Waals surface area contributed by atoms with E-state index in [1.165, 1.54) is 5.56 Å². The minimum atomic E-state index is 0. The zero-order valence-electron chi connectivity index (χ0n) is 21.8. The van der Waals surface area contributed by atoms with Crippen molar-refractivity contribution < 1.29 is 4.79 Å². The first-order valence-corrected chi connectivity index (χ1v) is 12.7. The van der Waals surface area contributed by atoms with Crippen molar-refractivity contribution in [2.45, 2.75) is 33.7 Å². The van der Waals surface area contributed by atoms with Gasteiger partial charge in [0.05, 0.1) is 5.69 Å². The van der Waals surface area contributed by atoms with Crippen LogP contribution in [-0.4, -0.2) is 65.5 Å². The van der Waals surface area contributed by atoms with Gasteiger partial charge < -0.3 is 4.90 Å². The lowest BCUT2D eigenvalue weighted by Crippen LogP contribution is -2.43. The second-order valence-electron chi connectivity index (χ2n) is 9.59. The Morgan fingerprint density at radius 2 is 1.76 bits per heavy atom. The minimum absolute atomic E-state index is 0. The maximum atomic E-state index is 13.0. The summed E-state index contributed by atoms with van der Waals surface area (Å²) in [6, 6.07) is 16.2. The molecule has 0 N–H and O–H groups in total. The van der Waals surface area contributed by atoms with Crippen molar-refractivity contribution in [3.8, 4) is 0 Å². The number of aromatic nitrogens is 2. The van der Waals surface area contributed by atoms with Crippen LogP contribution in [0.3, 0.4) is 0 Å². The van der Waals surface area contributed by atoms with Gasteiger partial charge in [0.2, 0.25) is 0 Å². The van der Waals surface area contributed by atoms with Crippen molar-refractivity contribution in [3.63, 3.8) is 0 Å². The van der Waals surface area contributed by atoms with E-state index in [9.17, 15) is 4.79 Å². The molecular weight excluding hydrogens is 470 g/mol. The van der Waals surface area contributed by atoms with Gasteiger partial charge in [0, 0.05) is 63.5 Å². The lowest BCUT2D eigenvalue weighted by Gasteiger charge is -2.32. The first kappa shape index (κ1) is 28.8. The molecule has 38 heavy (non-hydrogen) atoms. The second-order valence-corrected chi connectivity index (χ2v) is 9.59. The van der Waals surface area contributed by atoms with Gasteiger partial charge in [-0.15, -0.1) is 0 Å². The molecule has 1 fully saturated rings. The summed E-state index contributed by atoms with van der Waals surface area (Å²) in [5.41, 5.74) is 6.14. The number of ketones is 1. The molecule has 1 saturated heterocycles. The fraction of sp³-hybridized carbons (Fsp3) is 0.312. The standard InChI is InChI=1S/C31H35N5O.CH4/c1-24-7-8-26(20-28(24)22-31-33-15-13-29(34-31)6-4-5-14-32-2)21-30(37)27-11-9-25(10-12-27)23-36-18-16-35(3)17-19-36;/h4-15,20H,2,16-19,21-23H2,1,3H3;1H4/b6-4+,14-5-;. The number of hydrogen-bond donors (Lipinski definition) is 0. The van der Waals surface area contributed by atoms with Gasteiger partial charge in [-0.05, 0) is 61.2 Å². The van der Waals surface area contributed by atoms with Crippen LogP contribution < -0.4 is 0 Å². The molecule has 0 aliphatic carbocycles. The number of likely N-dealkylation sites (N-methyl/N-ethyl adjacent to an activating group) is 1. The van der Waals surface area contributed by atoms with Gasteiger partial charge in [-0.2, -0.15) is 0 Å². The van der Waals surface area contributed by atoms with Gasteiger partial charge >= 0.3 is 0 Å². The Morgan fingerprint density at radius 3 is 2.50 bits per heavy atom. The molecule has 6 heteroatoms. The number of allylic oxidation sites excluding steroid dienone is 2. The maximum absolute atomic E-state index is 13.0. The normalized spacial score (nSPS) is 14.6. The lowest BCUT2D eigenvalue weighted by atomic mass is 9.97. The van der Waals surface area contributed by atoms with Crippen molar-refractivity contribution in [2.75, 3.05) is 33.2 Å². The highest BCUT2D eigenvalue weighted by molar-refractivity contribution is 5.97. The monoisotopic (exact) mass is 509 g/mol. The van der Waals surface area contributed by atoms with Gasteiger partial charge in [-0.1, -0.05) is 56.0 Å². The largest absolute Gasteiger partial charge is 0.304 e. The molecule has 0 bridgehead atoms. The number of nitrogens with zero attached hydrogens (tertiary/aromatic N) is 5. The summed E-state index contributed by atoms with van der Waals surface area (Å²) in [6.45, 7) is 10.8. The second kappa shape index (κ2) is 14.3. The Labute approximate surface area is 227 Å². The third kappa shape index (κ3) is 8.40. The SMILES string of the molecule is C.C=N/C=C\C=C\c1ccnc(Cc2cc(CC(=O)c3ccc(CN4CCN(C)CC4)cc3)ccc2C)n1. The predicted octanol–water partition coefficient (Wildman–Crippen LogP) is 5.41. The molecule has 1 aromatic heterocycles. The Kier molecular flexibility index (Phi) is 10.8.